The summed E-state index contributed by atoms with van der Waals surface area (Å²) in [5.41, 5.74) is 1.05. The molecule has 1 aliphatic heterocycles. The van der Waals surface area contributed by atoms with Crippen molar-refractivity contribution in [2.24, 2.45) is 0 Å². The number of thiophene rings is 1. The molecule has 3 rings (SSSR count). The van der Waals surface area contributed by atoms with Crippen LogP contribution in [0.1, 0.15) is 36.8 Å². The number of hydrogen-bond acceptors (Lipinski definition) is 4. The minimum Gasteiger partial charge on any atom is -0.488 e. The van der Waals surface area contributed by atoms with Crippen molar-refractivity contribution in [3.63, 3.8) is 0 Å². The summed E-state index contributed by atoms with van der Waals surface area (Å²) >= 11 is 1.71. The fourth-order valence-electron chi connectivity index (χ4n) is 2.73. The van der Waals surface area contributed by atoms with Gasteiger partial charge in [0.25, 0.3) is 0 Å². The van der Waals surface area contributed by atoms with Gasteiger partial charge in [-0.3, -0.25) is 0 Å². The summed E-state index contributed by atoms with van der Waals surface area (Å²) in [4.78, 5) is 1.22. The molecule has 0 saturated carbocycles. The van der Waals surface area contributed by atoms with E-state index in [0.29, 0.717) is 12.6 Å². The van der Waals surface area contributed by atoms with E-state index in [1.54, 1.807) is 11.3 Å². The summed E-state index contributed by atoms with van der Waals surface area (Å²) in [6.07, 6.45) is 0.964. The number of hydrogen-bond donors (Lipinski definition) is 1. The molecule has 0 amide bonds. The first-order valence-electron chi connectivity index (χ1n) is 7.23. The predicted octanol–water partition coefficient (Wildman–Crippen LogP) is 4.15. The molecule has 1 aliphatic rings. The molecule has 0 saturated heterocycles. The summed E-state index contributed by atoms with van der Waals surface area (Å²) in [5.74, 6) is 1.78. The van der Waals surface area contributed by atoms with Crippen LogP contribution in [0.3, 0.4) is 0 Å². The highest BCUT2D eigenvalue weighted by molar-refractivity contribution is 7.09. The highest BCUT2D eigenvalue weighted by Crippen LogP contribution is 2.41. The molecule has 0 aliphatic carbocycles. The van der Waals surface area contributed by atoms with Gasteiger partial charge < -0.3 is 14.8 Å². The van der Waals surface area contributed by atoms with Gasteiger partial charge in [-0.15, -0.1) is 11.3 Å². The van der Waals surface area contributed by atoms with E-state index in [1.807, 2.05) is 25.2 Å². The zero-order valence-corrected chi connectivity index (χ0v) is 13.5. The maximum absolute atomic E-state index is 6.11. The smallest absolute Gasteiger partial charge is 0.128 e. The van der Waals surface area contributed by atoms with E-state index in [-0.39, 0.29) is 5.60 Å². The van der Waals surface area contributed by atoms with Gasteiger partial charge in [0.2, 0.25) is 0 Å². The fraction of sp³-hybridized carbons (Fsp3) is 0.412. The third-order valence-electron chi connectivity index (χ3n) is 3.75. The van der Waals surface area contributed by atoms with E-state index in [0.717, 1.165) is 17.9 Å². The Hall–Kier alpha value is -1.52. The van der Waals surface area contributed by atoms with Gasteiger partial charge in [0.15, 0.2) is 0 Å². The first-order valence-corrected chi connectivity index (χ1v) is 8.11. The van der Waals surface area contributed by atoms with Crippen molar-refractivity contribution in [1.29, 1.82) is 0 Å². The average molecular weight is 303 g/mol. The van der Waals surface area contributed by atoms with Crippen molar-refractivity contribution < 1.29 is 9.47 Å². The van der Waals surface area contributed by atoms with Crippen molar-refractivity contribution in [2.45, 2.75) is 38.5 Å². The van der Waals surface area contributed by atoms with E-state index >= 15 is 0 Å². The van der Waals surface area contributed by atoms with Gasteiger partial charge in [0.1, 0.15) is 23.7 Å². The van der Waals surface area contributed by atoms with Gasteiger partial charge in [-0.2, -0.15) is 0 Å². The summed E-state index contributed by atoms with van der Waals surface area (Å²) < 4.78 is 12.0. The summed E-state index contributed by atoms with van der Waals surface area (Å²) in [7, 11) is 2.00. The van der Waals surface area contributed by atoms with Gasteiger partial charge in [-0.25, -0.2) is 0 Å². The SMILES string of the molecule is CNC1CC(C)(C)Oc2cc(OCc3cccs3)ccc21. The molecule has 0 spiro atoms. The number of rotatable bonds is 4. The highest BCUT2D eigenvalue weighted by Gasteiger charge is 2.33. The Balaban J connectivity index is 1.80. The highest BCUT2D eigenvalue weighted by atomic mass is 32.1. The van der Waals surface area contributed by atoms with Crippen molar-refractivity contribution in [2.75, 3.05) is 7.05 Å². The molecule has 112 valence electrons. The minimum absolute atomic E-state index is 0.160. The lowest BCUT2D eigenvalue weighted by molar-refractivity contribution is 0.0671. The fourth-order valence-corrected chi connectivity index (χ4v) is 3.34. The summed E-state index contributed by atoms with van der Waals surface area (Å²) in [6.45, 7) is 4.86. The quantitative estimate of drug-likeness (QED) is 0.920. The van der Waals surface area contributed by atoms with E-state index in [1.165, 1.54) is 10.4 Å². The molecule has 1 unspecified atom stereocenters. The molecular formula is C17H21NO2S. The minimum atomic E-state index is -0.160. The van der Waals surface area contributed by atoms with Gasteiger partial charge in [-0.1, -0.05) is 12.1 Å². The second kappa shape index (κ2) is 5.70. The van der Waals surface area contributed by atoms with Gasteiger partial charge in [0.05, 0.1) is 0 Å². The van der Waals surface area contributed by atoms with Crippen LogP contribution in [-0.2, 0) is 6.61 Å². The molecule has 4 heteroatoms. The Bertz CT molecular complexity index is 607. The van der Waals surface area contributed by atoms with E-state index in [4.69, 9.17) is 9.47 Å². The van der Waals surface area contributed by atoms with Crippen molar-refractivity contribution >= 4 is 11.3 Å². The van der Waals surface area contributed by atoms with Crippen LogP contribution < -0.4 is 14.8 Å². The molecule has 2 heterocycles. The molecule has 2 aromatic rings. The Morgan fingerprint density at radius 1 is 1.38 bits per heavy atom. The van der Waals surface area contributed by atoms with E-state index in [9.17, 15) is 0 Å². The van der Waals surface area contributed by atoms with Gasteiger partial charge in [0, 0.05) is 29.0 Å². The normalized spacial score (nSPS) is 19.7. The van der Waals surface area contributed by atoms with Crippen LogP contribution in [0, 0.1) is 0 Å². The number of fused-ring (bicyclic) bond motifs is 1. The first-order chi connectivity index (χ1) is 10.1. The molecule has 1 aromatic heterocycles. The molecule has 0 radical (unpaired) electrons. The first kappa shape index (κ1) is 14.4. The lowest BCUT2D eigenvalue weighted by Gasteiger charge is -2.37. The standard InChI is InChI=1S/C17H21NO2S/c1-17(2)10-15(18-3)14-7-6-12(9-16(14)20-17)19-11-13-5-4-8-21-13/h4-9,15,18H,10-11H2,1-3H3. The second-order valence-electron chi connectivity index (χ2n) is 5.97. The van der Waals surface area contributed by atoms with Crippen molar-refractivity contribution in [3.05, 3.63) is 46.2 Å². The van der Waals surface area contributed by atoms with Crippen molar-refractivity contribution in [3.8, 4) is 11.5 Å². The number of nitrogens with one attached hydrogen (secondary N) is 1. The number of ether oxygens (including phenoxy) is 2. The Morgan fingerprint density at radius 3 is 2.95 bits per heavy atom. The molecule has 1 aromatic carbocycles. The van der Waals surface area contributed by atoms with Crippen LogP contribution in [0.15, 0.2) is 35.7 Å². The Kier molecular flexibility index (Phi) is 3.91. The average Bonchev–Trinajstić information content (AvgIpc) is 2.96. The zero-order chi connectivity index (χ0) is 14.9. The molecule has 0 bridgehead atoms. The van der Waals surface area contributed by atoms with Crippen LogP contribution in [0.25, 0.3) is 0 Å². The van der Waals surface area contributed by atoms with Gasteiger partial charge >= 0.3 is 0 Å². The summed E-state index contributed by atoms with van der Waals surface area (Å²) in [5, 5.41) is 5.43. The molecular weight excluding hydrogens is 282 g/mol. The monoisotopic (exact) mass is 303 g/mol. The predicted molar refractivity (Wildman–Crippen MR) is 86.2 cm³/mol. The lowest BCUT2D eigenvalue weighted by atomic mass is 9.90. The third-order valence-corrected chi connectivity index (χ3v) is 4.60. The van der Waals surface area contributed by atoms with Crippen LogP contribution in [-0.4, -0.2) is 12.6 Å². The molecule has 1 atom stereocenters. The van der Waals surface area contributed by atoms with E-state index in [2.05, 4.69) is 36.7 Å². The Labute approximate surface area is 129 Å². The maximum atomic E-state index is 6.11. The summed E-state index contributed by atoms with van der Waals surface area (Å²) in [6, 6.07) is 10.6. The largest absolute Gasteiger partial charge is 0.488 e. The van der Waals surface area contributed by atoms with E-state index < -0.39 is 0 Å². The number of benzene rings is 1. The van der Waals surface area contributed by atoms with Crippen LogP contribution >= 0.6 is 11.3 Å². The van der Waals surface area contributed by atoms with Crippen LogP contribution in [0.2, 0.25) is 0 Å². The maximum Gasteiger partial charge on any atom is 0.128 e. The second-order valence-corrected chi connectivity index (χ2v) is 7.01. The topological polar surface area (TPSA) is 30.5 Å². The molecule has 21 heavy (non-hydrogen) atoms. The molecule has 1 N–H and O–H groups in total. The van der Waals surface area contributed by atoms with Crippen LogP contribution in [0.4, 0.5) is 0 Å². The zero-order valence-electron chi connectivity index (χ0n) is 12.7. The van der Waals surface area contributed by atoms with Crippen LogP contribution in [0.5, 0.6) is 11.5 Å². The molecule has 0 fully saturated rings. The van der Waals surface area contributed by atoms with Crippen molar-refractivity contribution in [1.82, 2.24) is 5.32 Å². The third kappa shape index (κ3) is 3.22. The van der Waals surface area contributed by atoms with Gasteiger partial charge in [-0.05, 0) is 38.4 Å². The lowest BCUT2D eigenvalue weighted by Crippen LogP contribution is -2.38. The Morgan fingerprint density at radius 2 is 2.24 bits per heavy atom. The molecule has 3 nitrogen and oxygen atoms in total.